The number of aromatic nitrogens is 2. The van der Waals surface area contributed by atoms with Crippen LogP contribution in [0.1, 0.15) is 11.3 Å². The maximum atomic E-state index is 11.8. The average Bonchev–Trinajstić information content (AvgIpc) is 2.31. The summed E-state index contributed by atoms with van der Waals surface area (Å²) in [5, 5.41) is 12.9. The minimum Gasteiger partial charge on any atom is -0.267 e. The Kier molecular flexibility index (Phi) is 3.07. The molecule has 0 aliphatic carbocycles. The predicted octanol–water partition coefficient (Wildman–Crippen LogP) is 2.18. The largest absolute Gasteiger partial charge is 0.272 e. The Morgan fingerprint density at radius 1 is 1.41 bits per heavy atom. The first kappa shape index (κ1) is 11.6. The molecule has 0 spiro atoms. The van der Waals surface area contributed by atoms with E-state index in [1.165, 1.54) is 10.7 Å². The molecular weight excluding hydrogens is 282 g/mol. The highest BCUT2D eigenvalue weighted by molar-refractivity contribution is 9.10. The van der Waals surface area contributed by atoms with E-state index in [1.54, 1.807) is 19.1 Å². The van der Waals surface area contributed by atoms with Crippen molar-refractivity contribution < 1.29 is 0 Å². The van der Waals surface area contributed by atoms with Crippen molar-refractivity contribution >= 4 is 15.9 Å². The van der Waals surface area contributed by atoms with E-state index in [2.05, 4.69) is 21.0 Å². The van der Waals surface area contributed by atoms with Crippen LogP contribution in [0.3, 0.4) is 0 Å². The normalized spacial score (nSPS) is 9.94. The molecule has 2 rings (SSSR count). The number of hydrogen-bond acceptors (Lipinski definition) is 3. The van der Waals surface area contributed by atoms with E-state index < -0.39 is 0 Å². The molecule has 0 bridgehead atoms. The summed E-state index contributed by atoms with van der Waals surface area (Å²) in [7, 11) is 0. The molecular formula is C12H8BrN3O. The number of aryl methyl sites for hydroxylation is 1. The molecule has 0 aliphatic rings. The number of hydrogen-bond donors (Lipinski definition) is 0. The van der Waals surface area contributed by atoms with Gasteiger partial charge in [-0.2, -0.15) is 15.0 Å². The van der Waals surface area contributed by atoms with Gasteiger partial charge in [0, 0.05) is 10.5 Å². The summed E-state index contributed by atoms with van der Waals surface area (Å²) in [6, 6.07) is 10.5. The van der Waals surface area contributed by atoms with Crippen LogP contribution in [0.4, 0.5) is 0 Å². The quantitative estimate of drug-likeness (QED) is 0.808. The third kappa shape index (κ3) is 2.27. The van der Waals surface area contributed by atoms with Crippen LogP contribution in [0.2, 0.25) is 0 Å². The zero-order chi connectivity index (χ0) is 12.4. The van der Waals surface area contributed by atoms with E-state index >= 15 is 0 Å². The molecule has 0 fully saturated rings. The van der Waals surface area contributed by atoms with Gasteiger partial charge in [-0.3, -0.25) is 4.79 Å². The fourth-order valence-corrected chi connectivity index (χ4v) is 1.84. The van der Waals surface area contributed by atoms with Gasteiger partial charge >= 0.3 is 0 Å². The lowest BCUT2D eigenvalue weighted by Gasteiger charge is -2.06. The standard InChI is InChI=1S/C12H8BrN3O/c1-8-9(7-14)5-12(17)16(15-8)11-4-2-3-10(13)6-11/h2-6H,1H3. The molecule has 0 N–H and O–H groups in total. The lowest BCUT2D eigenvalue weighted by atomic mass is 10.2. The first-order valence-corrected chi connectivity index (χ1v) is 5.68. The summed E-state index contributed by atoms with van der Waals surface area (Å²) in [5.74, 6) is 0. The second-order valence-corrected chi connectivity index (χ2v) is 4.40. The van der Waals surface area contributed by atoms with E-state index in [-0.39, 0.29) is 5.56 Å². The van der Waals surface area contributed by atoms with Gasteiger partial charge in [-0.25, -0.2) is 0 Å². The Hall–Kier alpha value is -1.93. The van der Waals surface area contributed by atoms with Crippen LogP contribution in [0, 0.1) is 18.3 Å². The van der Waals surface area contributed by atoms with Crippen LogP contribution in [0.25, 0.3) is 5.69 Å². The Bertz CT molecular complexity index is 670. The number of nitrogens with zero attached hydrogens (tertiary/aromatic N) is 3. The van der Waals surface area contributed by atoms with Gasteiger partial charge < -0.3 is 0 Å². The molecule has 17 heavy (non-hydrogen) atoms. The van der Waals surface area contributed by atoms with Gasteiger partial charge in [0.15, 0.2) is 0 Å². The Morgan fingerprint density at radius 2 is 2.18 bits per heavy atom. The number of nitriles is 1. The second kappa shape index (κ2) is 4.52. The molecule has 4 nitrogen and oxygen atoms in total. The molecule has 0 saturated carbocycles. The molecule has 1 aromatic carbocycles. The van der Waals surface area contributed by atoms with Crippen molar-refractivity contribution in [1.29, 1.82) is 5.26 Å². The van der Waals surface area contributed by atoms with Gasteiger partial charge in [-0.1, -0.05) is 22.0 Å². The number of benzene rings is 1. The van der Waals surface area contributed by atoms with E-state index in [0.717, 1.165) is 4.47 Å². The van der Waals surface area contributed by atoms with E-state index in [0.29, 0.717) is 16.9 Å². The molecule has 0 unspecified atom stereocenters. The van der Waals surface area contributed by atoms with Gasteiger partial charge in [0.05, 0.1) is 16.9 Å². The van der Waals surface area contributed by atoms with Crippen LogP contribution in [0.15, 0.2) is 39.6 Å². The molecule has 1 aromatic heterocycles. The highest BCUT2D eigenvalue weighted by atomic mass is 79.9. The average molecular weight is 290 g/mol. The first-order valence-electron chi connectivity index (χ1n) is 4.89. The molecule has 5 heteroatoms. The molecule has 0 atom stereocenters. The van der Waals surface area contributed by atoms with Crippen molar-refractivity contribution in [2.45, 2.75) is 6.92 Å². The van der Waals surface area contributed by atoms with Gasteiger partial charge in [-0.15, -0.1) is 0 Å². The summed E-state index contributed by atoms with van der Waals surface area (Å²) in [4.78, 5) is 11.8. The topological polar surface area (TPSA) is 58.7 Å². The SMILES string of the molecule is Cc1nn(-c2cccc(Br)c2)c(=O)cc1C#N. The lowest BCUT2D eigenvalue weighted by molar-refractivity contribution is 0.781. The molecule has 2 aromatic rings. The highest BCUT2D eigenvalue weighted by Gasteiger charge is 2.06. The number of rotatable bonds is 1. The van der Waals surface area contributed by atoms with Crippen molar-refractivity contribution in [2.24, 2.45) is 0 Å². The summed E-state index contributed by atoms with van der Waals surface area (Å²) in [6.07, 6.45) is 0. The Morgan fingerprint density at radius 3 is 2.82 bits per heavy atom. The van der Waals surface area contributed by atoms with Gasteiger partial charge in [-0.05, 0) is 25.1 Å². The molecule has 1 heterocycles. The van der Waals surface area contributed by atoms with Crippen LogP contribution < -0.4 is 5.56 Å². The summed E-state index contributed by atoms with van der Waals surface area (Å²) >= 11 is 3.34. The van der Waals surface area contributed by atoms with Crippen LogP contribution in [-0.4, -0.2) is 9.78 Å². The maximum absolute atomic E-state index is 11.8. The zero-order valence-corrected chi connectivity index (χ0v) is 10.6. The second-order valence-electron chi connectivity index (χ2n) is 3.49. The van der Waals surface area contributed by atoms with Crippen molar-refractivity contribution in [3.05, 3.63) is 56.4 Å². The third-order valence-corrected chi connectivity index (χ3v) is 2.78. The zero-order valence-electron chi connectivity index (χ0n) is 9.01. The highest BCUT2D eigenvalue weighted by Crippen LogP contribution is 2.13. The summed E-state index contributed by atoms with van der Waals surface area (Å²) < 4.78 is 2.15. The summed E-state index contributed by atoms with van der Waals surface area (Å²) in [5.41, 5.74) is 1.19. The van der Waals surface area contributed by atoms with Gasteiger partial charge in [0.2, 0.25) is 0 Å². The first-order chi connectivity index (χ1) is 8.11. The lowest BCUT2D eigenvalue weighted by Crippen LogP contribution is -2.22. The van der Waals surface area contributed by atoms with Crippen LogP contribution in [0.5, 0.6) is 0 Å². The minimum atomic E-state index is -0.315. The maximum Gasteiger partial charge on any atom is 0.272 e. The Balaban J connectivity index is 2.66. The fraction of sp³-hybridized carbons (Fsp3) is 0.0833. The van der Waals surface area contributed by atoms with Crippen molar-refractivity contribution in [1.82, 2.24) is 9.78 Å². The molecule has 0 aliphatic heterocycles. The smallest absolute Gasteiger partial charge is 0.267 e. The van der Waals surface area contributed by atoms with Crippen molar-refractivity contribution in [3.63, 3.8) is 0 Å². The van der Waals surface area contributed by atoms with Crippen molar-refractivity contribution in [3.8, 4) is 11.8 Å². The molecule has 84 valence electrons. The predicted molar refractivity (Wildman–Crippen MR) is 67.0 cm³/mol. The Labute approximate surface area is 106 Å². The summed E-state index contributed by atoms with van der Waals surface area (Å²) in [6.45, 7) is 1.70. The molecule has 0 amide bonds. The monoisotopic (exact) mass is 289 g/mol. The van der Waals surface area contributed by atoms with Crippen LogP contribution >= 0.6 is 15.9 Å². The molecule has 0 radical (unpaired) electrons. The van der Waals surface area contributed by atoms with E-state index in [4.69, 9.17) is 5.26 Å². The van der Waals surface area contributed by atoms with E-state index in [9.17, 15) is 4.79 Å². The third-order valence-electron chi connectivity index (χ3n) is 2.29. The minimum absolute atomic E-state index is 0.307. The van der Waals surface area contributed by atoms with E-state index in [1.807, 2.05) is 18.2 Å². The fourth-order valence-electron chi connectivity index (χ4n) is 1.45. The van der Waals surface area contributed by atoms with Crippen LogP contribution in [-0.2, 0) is 0 Å². The van der Waals surface area contributed by atoms with Crippen molar-refractivity contribution in [2.75, 3.05) is 0 Å². The van der Waals surface area contributed by atoms with Gasteiger partial charge in [0.1, 0.15) is 6.07 Å². The number of halogens is 1. The van der Waals surface area contributed by atoms with Gasteiger partial charge in [0.25, 0.3) is 5.56 Å². The molecule has 0 saturated heterocycles.